The Bertz CT molecular complexity index is 699. The van der Waals surface area contributed by atoms with Gasteiger partial charge in [0.15, 0.2) is 5.13 Å². The second-order valence-electron chi connectivity index (χ2n) is 6.43. The first-order chi connectivity index (χ1) is 11.5. The average molecular weight is 382 g/mol. The van der Waals surface area contributed by atoms with Crippen molar-refractivity contribution in [1.29, 1.82) is 0 Å². The summed E-state index contributed by atoms with van der Waals surface area (Å²) in [6, 6.07) is 7.86. The van der Waals surface area contributed by atoms with E-state index in [0.717, 1.165) is 30.1 Å². The van der Waals surface area contributed by atoms with Gasteiger partial charge < -0.3 is 15.4 Å². The molecule has 1 saturated heterocycles. The number of benzene rings is 1. The number of nitrogens with zero attached hydrogens (tertiary/aromatic N) is 1. The van der Waals surface area contributed by atoms with E-state index < -0.39 is 0 Å². The van der Waals surface area contributed by atoms with Crippen LogP contribution in [0.2, 0.25) is 0 Å². The molecule has 0 aliphatic carbocycles. The maximum absolute atomic E-state index is 12.3. The van der Waals surface area contributed by atoms with Crippen molar-refractivity contribution in [3.05, 3.63) is 29.6 Å². The molecule has 2 N–H and O–H groups in total. The average Bonchev–Trinajstić information content (AvgIpc) is 2.94. The van der Waals surface area contributed by atoms with E-state index in [4.69, 9.17) is 4.74 Å². The van der Waals surface area contributed by atoms with E-state index in [1.807, 2.05) is 50.4 Å². The van der Waals surface area contributed by atoms with E-state index in [1.165, 1.54) is 11.3 Å². The van der Waals surface area contributed by atoms with Crippen molar-refractivity contribution in [3.63, 3.8) is 0 Å². The predicted octanol–water partition coefficient (Wildman–Crippen LogP) is 3.81. The maximum Gasteiger partial charge on any atom is 0.229 e. The van der Waals surface area contributed by atoms with E-state index in [0.29, 0.717) is 11.0 Å². The molecule has 2 heterocycles. The molecule has 1 aromatic carbocycles. The minimum atomic E-state index is 0. The summed E-state index contributed by atoms with van der Waals surface area (Å²) in [4.78, 5) is 16.8. The Kier molecular flexibility index (Phi) is 6.81. The molecule has 136 valence electrons. The smallest absolute Gasteiger partial charge is 0.229 e. The molecule has 1 aliphatic rings. The molecular formula is C18H24ClN3O2S. The molecule has 0 spiro atoms. The maximum atomic E-state index is 12.3. The van der Waals surface area contributed by atoms with Gasteiger partial charge in [-0.15, -0.1) is 23.7 Å². The SMILES string of the molecule is CC(C)Oc1ccc(-c2csc(NC(=O)C(C)C3CNC3)n2)cc1.Cl. The molecular weight excluding hydrogens is 358 g/mol. The number of hydrogen-bond acceptors (Lipinski definition) is 5. The van der Waals surface area contributed by atoms with Gasteiger partial charge in [-0.3, -0.25) is 4.79 Å². The van der Waals surface area contributed by atoms with E-state index in [1.54, 1.807) is 0 Å². The second kappa shape index (κ2) is 8.65. The Morgan fingerprint density at radius 1 is 1.28 bits per heavy atom. The second-order valence-corrected chi connectivity index (χ2v) is 7.28. The van der Waals surface area contributed by atoms with Crippen LogP contribution in [0.1, 0.15) is 20.8 Å². The van der Waals surface area contributed by atoms with Crippen LogP contribution in [0, 0.1) is 11.8 Å². The Hall–Kier alpha value is -1.63. The molecule has 1 aromatic heterocycles. The van der Waals surface area contributed by atoms with Crippen LogP contribution in [-0.4, -0.2) is 30.1 Å². The van der Waals surface area contributed by atoms with Crippen molar-refractivity contribution in [2.45, 2.75) is 26.9 Å². The number of carbonyl (C=O) groups is 1. The molecule has 0 bridgehead atoms. The number of nitrogens with one attached hydrogen (secondary N) is 2. The molecule has 25 heavy (non-hydrogen) atoms. The third-order valence-corrected chi connectivity index (χ3v) is 4.95. The molecule has 0 radical (unpaired) electrons. The number of ether oxygens (including phenoxy) is 1. The predicted molar refractivity (Wildman–Crippen MR) is 105 cm³/mol. The van der Waals surface area contributed by atoms with Crippen molar-refractivity contribution in [2.24, 2.45) is 11.8 Å². The number of halogens is 1. The van der Waals surface area contributed by atoms with E-state index in [9.17, 15) is 4.79 Å². The summed E-state index contributed by atoms with van der Waals surface area (Å²) in [6.45, 7) is 7.82. The van der Waals surface area contributed by atoms with Crippen molar-refractivity contribution >= 4 is 34.8 Å². The molecule has 1 unspecified atom stereocenters. The number of carbonyl (C=O) groups excluding carboxylic acids is 1. The zero-order chi connectivity index (χ0) is 17.1. The monoisotopic (exact) mass is 381 g/mol. The fraction of sp³-hybridized carbons (Fsp3) is 0.444. The van der Waals surface area contributed by atoms with Gasteiger partial charge in [-0.1, -0.05) is 6.92 Å². The van der Waals surface area contributed by atoms with Crippen LogP contribution in [0.5, 0.6) is 5.75 Å². The number of thiazole rings is 1. The highest BCUT2D eigenvalue weighted by atomic mass is 35.5. The minimum absolute atomic E-state index is 0. The summed E-state index contributed by atoms with van der Waals surface area (Å²) in [6.07, 6.45) is 0.157. The van der Waals surface area contributed by atoms with Gasteiger partial charge in [-0.05, 0) is 57.1 Å². The molecule has 1 atom stereocenters. The van der Waals surface area contributed by atoms with Crippen LogP contribution < -0.4 is 15.4 Å². The lowest BCUT2D eigenvalue weighted by Gasteiger charge is -2.31. The van der Waals surface area contributed by atoms with Gasteiger partial charge in [0, 0.05) is 16.9 Å². The standard InChI is InChI=1S/C18H23N3O2S.ClH/c1-11(2)23-15-6-4-13(5-7-15)16-10-24-18(20-16)21-17(22)12(3)14-8-19-9-14;/h4-7,10-12,14,19H,8-9H2,1-3H3,(H,20,21,22);1H. The Labute approximate surface area is 158 Å². The first-order valence-electron chi connectivity index (χ1n) is 8.27. The van der Waals surface area contributed by atoms with E-state index >= 15 is 0 Å². The highest BCUT2D eigenvalue weighted by Gasteiger charge is 2.29. The van der Waals surface area contributed by atoms with Crippen LogP contribution in [0.25, 0.3) is 11.3 Å². The zero-order valence-electron chi connectivity index (χ0n) is 14.6. The van der Waals surface area contributed by atoms with Gasteiger partial charge in [0.25, 0.3) is 0 Å². The molecule has 1 aliphatic heterocycles. The van der Waals surface area contributed by atoms with Crippen LogP contribution in [0.3, 0.4) is 0 Å². The molecule has 1 fully saturated rings. The van der Waals surface area contributed by atoms with E-state index in [-0.39, 0.29) is 30.3 Å². The first-order valence-corrected chi connectivity index (χ1v) is 9.15. The number of anilines is 1. The number of rotatable bonds is 6. The van der Waals surface area contributed by atoms with Crippen LogP contribution in [0.4, 0.5) is 5.13 Å². The van der Waals surface area contributed by atoms with Crippen LogP contribution in [-0.2, 0) is 4.79 Å². The van der Waals surface area contributed by atoms with Crippen molar-refractivity contribution in [3.8, 4) is 17.0 Å². The molecule has 3 rings (SSSR count). The van der Waals surface area contributed by atoms with Gasteiger partial charge in [-0.2, -0.15) is 0 Å². The Morgan fingerprint density at radius 3 is 2.52 bits per heavy atom. The first kappa shape index (κ1) is 19.7. The lowest BCUT2D eigenvalue weighted by Crippen LogP contribution is -2.48. The molecule has 2 aromatic rings. The summed E-state index contributed by atoms with van der Waals surface area (Å²) in [5.74, 6) is 1.33. The summed E-state index contributed by atoms with van der Waals surface area (Å²) in [5, 5.41) is 8.75. The number of amides is 1. The topological polar surface area (TPSA) is 63.2 Å². The van der Waals surface area contributed by atoms with Gasteiger partial charge in [0.2, 0.25) is 5.91 Å². The third kappa shape index (κ3) is 4.93. The molecule has 1 amide bonds. The van der Waals surface area contributed by atoms with Gasteiger partial charge >= 0.3 is 0 Å². The summed E-state index contributed by atoms with van der Waals surface area (Å²) >= 11 is 1.45. The minimum Gasteiger partial charge on any atom is -0.491 e. The quantitative estimate of drug-likeness (QED) is 0.798. The number of aromatic nitrogens is 1. The highest BCUT2D eigenvalue weighted by molar-refractivity contribution is 7.14. The summed E-state index contributed by atoms with van der Waals surface area (Å²) < 4.78 is 5.65. The summed E-state index contributed by atoms with van der Waals surface area (Å²) in [7, 11) is 0. The van der Waals surface area contributed by atoms with Gasteiger partial charge in [0.05, 0.1) is 11.8 Å². The van der Waals surface area contributed by atoms with Crippen molar-refractivity contribution in [1.82, 2.24) is 10.3 Å². The van der Waals surface area contributed by atoms with Crippen LogP contribution >= 0.6 is 23.7 Å². The normalized spacial score (nSPS) is 15.2. The van der Waals surface area contributed by atoms with Crippen molar-refractivity contribution < 1.29 is 9.53 Å². The lowest BCUT2D eigenvalue weighted by atomic mass is 9.88. The number of hydrogen-bond donors (Lipinski definition) is 2. The van der Waals surface area contributed by atoms with Crippen LogP contribution in [0.15, 0.2) is 29.6 Å². The zero-order valence-corrected chi connectivity index (χ0v) is 16.2. The third-order valence-electron chi connectivity index (χ3n) is 4.19. The highest BCUT2D eigenvalue weighted by Crippen LogP contribution is 2.27. The Balaban J connectivity index is 0.00000225. The molecule has 0 saturated carbocycles. The molecule has 7 heteroatoms. The van der Waals surface area contributed by atoms with Gasteiger partial charge in [0.1, 0.15) is 5.75 Å². The van der Waals surface area contributed by atoms with Crippen molar-refractivity contribution in [2.75, 3.05) is 18.4 Å². The molecule has 5 nitrogen and oxygen atoms in total. The fourth-order valence-corrected chi connectivity index (χ4v) is 3.26. The van der Waals surface area contributed by atoms with Gasteiger partial charge in [-0.25, -0.2) is 4.98 Å². The lowest BCUT2D eigenvalue weighted by molar-refractivity contribution is -0.121. The fourth-order valence-electron chi connectivity index (χ4n) is 2.54. The Morgan fingerprint density at radius 2 is 1.96 bits per heavy atom. The largest absolute Gasteiger partial charge is 0.491 e. The van der Waals surface area contributed by atoms with E-state index in [2.05, 4.69) is 15.6 Å². The summed E-state index contributed by atoms with van der Waals surface area (Å²) in [5.41, 5.74) is 1.88.